The van der Waals surface area contributed by atoms with Crippen LogP contribution in [0, 0.1) is 12.8 Å². The van der Waals surface area contributed by atoms with Gasteiger partial charge in [0.25, 0.3) is 11.5 Å². The lowest BCUT2D eigenvalue weighted by Gasteiger charge is -2.42. The quantitative estimate of drug-likeness (QED) is 0.287. The fourth-order valence-corrected chi connectivity index (χ4v) is 7.53. The minimum absolute atomic E-state index is 0.0830. The van der Waals surface area contributed by atoms with Gasteiger partial charge in [-0.1, -0.05) is 36.4 Å². The molecule has 46 heavy (non-hydrogen) atoms. The van der Waals surface area contributed by atoms with Gasteiger partial charge in [0.2, 0.25) is 0 Å². The van der Waals surface area contributed by atoms with Gasteiger partial charge in [-0.25, -0.2) is 4.79 Å². The van der Waals surface area contributed by atoms with Crippen LogP contribution in [-0.2, 0) is 24.2 Å². The number of carbonyl (C=O) groups excluding carboxylic acids is 1. The maximum atomic E-state index is 13.3. The summed E-state index contributed by atoms with van der Waals surface area (Å²) >= 11 is 0. The monoisotopic (exact) mass is 623 g/mol. The van der Waals surface area contributed by atoms with E-state index in [-0.39, 0.29) is 29.3 Å². The summed E-state index contributed by atoms with van der Waals surface area (Å²) in [5.41, 5.74) is 4.17. The average Bonchev–Trinajstić information content (AvgIpc) is 3.02. The van der Waals surface area contributed by atoms with Crippen LogP contribution in [0.25, 0.3) is 11.0 Å². The van der Waals surface area contributed by atoms with Crippen molar-refractivity contribution < 1.29 is 18.7 Å². The average molecular weight is 624 g/mol. The Morgan fingerprint density at radius 3 is 2.72 bits per heavy atom. The Bertz CT molecular complexity index is 1910. The predicted molar refractivity (Wildman–Crippen MR) is 176 cm³/mol. The molecule has 4 aromatic rings. The van der Waals surface area contributed by atoms with Crippen LogP contribution in [0.4, 0.5) is 0 Å². The number of likely N-dealkylation sites (tertiary alicyclic amines) is 1. The third-order valence-corrected chi connectivity index (χ3v) is 9.83. The largest absolute Gasteiger partial charge is 0.487 e. The number of nitrogens with one attached hydrogen (secondary N) is 1. The van der Waals surface area contributed by atoms with E-state index in [1.165, 1.54) is 0 Å². The van der Waals surface area contributed by atoms with Gasteiger partial charge in [-0.3, -0.25) is 9.59 Å². The highest BCUT2D eigenvalue weighted by atomic mass is 16.5. The van der Waals surface area contributed by atoms with E-state index >= 15 is 0 Å². The van der Waals surface area contributed by atoms with E-state index in [0.29, 0.717) is 59.3 Å². The van der Waals surface area contributed by atoms with Crippen molar-refractivity contribution >= 4 is 16.9 Å². The first-order valence-electron chi connectivity index (χ1n) is 16.3. The van der Waals surface area contributed by atoms with Gasteiger partial charge in [-0.2, -0.15) is 0 Å². The zero-order valence-corrected chi connectivity index (χ0v) is 26.8. The number of rotatable bonds is 8. The van der Waals surface area contributed by atoms with Gasteiger partial charge >= 0.3 is 5.63 Å². The predicted octanol–water partition coefficient (Wildman–Crippen LogP) is 4.57. The van der Waals surface area contributed by atoms with E-state index in [4.69, 9.17) is 13.9 Å². The number of amides is 1. The molecule has 0 saturated carbocycles. The summed E-state index contributed by atoms with van der Waals surface area (Å²) in [6.07, 6.45) is 3.03. The van der Waals surface area contributed by atoms with Crippen molar-refractivity contribution in [2.75, 3.05) is 32.8 Å². The maximum Gasteiger partial charge on any atom is 0.340 e. The highest BCUT2D eigenvalue weighted by Gasteiger charge is 2.34. The first kappa shape index (κ1) is 30.3. The zero-order chi connectivity index (χ0) is 32.0. The molecular weight excluding hydrogens is 582 g/mol. The zero-order valence-electron chi connectivity index (χ0n) is 26.8. The van der Waals surface area contributed by atoms with E-state index in [9.17, 15) is 14.4 Å². The lowest BCUT2D eigenvalue weighted by Crippen LogP contribution is -2.49. The summed E-state index contributed by atoms with van der Waals surface area (Å²) in [5.74, 6) is 1.64. The normalized spacial score (nSPS) is 20.0. The number of hydrogen-bond donors (Lipinski definition) is 1. The Morgan fingerprint density at radius 2 is 1.89 bits per heavy atom. The molecule has 240 valence electrons. The summed E-state index contributed by atoms with van der Waals surface area (Å²) in [4.78, 5) is 41.1. The number of fused-ring (bicyclic) bond motifs is 7. The highest BCUT2D eigenvalue weighted by molar-refractivity contribution is 5.92. The van der Waals surface area contributed by atoms with Crippen LogP contribution in [0.3, 0.4) is 0 Å². The van der Waals surface area contributed by atoms with Crippen molar-refractivity contribution in [1.82, 2.24) is 14.8 Å². The fraction of sp³-hybridized carbons (Fsp3) is 0.432. The van der Waals surface area contributed by atoms with Gasteiger partial charge < -0.3 is 28.7 Å². The number of aryl methyl sites for hydroxylation is 2. The molecule has 9 heteroatoms. The number of benzene rings is 2. The molecule has 0 radical (unpaired) electrons. The summed E-state index contributed by atoms with van der Waals surface area (Å²) in [6.45, 7) is 9.59. The van der Waals surface area contributed by atoms with Gasteiger partial charge in [-0.15, -0.1) is 0 Å². The lowest BCUT2D eigenvalue weighted by molar-refractivity contribution is -0.123. The number of ether oxygens (including phenoxy) is 2. The molecule has 1 amide bonds. The van der Waals surface area contributed by atoms with Crippen molar-refractivity contribution in [3.63, 3.8) is 0 Å². The van der Waals surface area contributed by atoms with Crippen LogP contribution >= 0.6 is 0 Å². The molecule has 3 aliphatic rings. The molecule has 9 nitrogen and oxygen atoms in total. The third-order valence-electron chi connectivity index (χ3n) is 9.83. The number of pyridine rings is 1. The number of piperidine rings is 1. The van der Waals surface area contributed by atoms with Crippen LogP contribution in [0.2, 0.25) is 0 Å². The molecule has 7 rings (SSSR count). The molecular formula is C37H41N3O6. The second kappa shape index (κ2) is 12.1. The number of hydrogen-bond acceptors (Lipinski definition) is 7. The van der Waals surface area contributed by atoms with E-state index < -0.39 is 0 Å². The molecule has 2 atom stereocenters. The van der Waals surface area contributed by atoms with Gasteiger partial charge in [0.05, 0.1) is 5.39 Å². The molecule has 1 fully saturated rings. The van der Waals surface area contributed by atoms with Gasteiger partial charge in [0.15, 0.2) is 6.61 Å². The van der Waals surface area contributed by atoms with E-state index in [1.54, 1.807) is 6.07 Å². The smallest absolute Gasteiger partial charge is 0.340 e. The van der Waals surface area contributed by atoms with Gasteiger partial charge in [0.1, 0.15) is 22.7 Å². The first-order valence-corrected chi connectivity index (χ1v) is 16.3. The second-order valence-corrected chi connectivity index (χ2v) is 13.7. The lowest BCUT2D eigenvalue weighted by atomic mass is 9.83. The molecule has 2 unspecified atom stereocenters. The minimum atomic E-state index is -0.372. The first-order chi connectivity index (χ1) is 22.1. The molecule has 3 aliphatic heterocycles. The molecule has 1 N–H and O–H groups in total. The Labute approximate surface area is 268 Å². The summed E-state index contributed by atoms with van der Waals surface area (Å²) in [7, 11) is 0. The maximum absolute atomic E-state index is 13.3. The van der Waals surface area contributed by atoms with Crippen molar-refractivity contribution in [3.05, 3.63) is 103 Å². The van der Waals surface area contributed by atoms with Crippen LogP contribution in [-0.4, -0.2) is 53.8 Å². The molecule has 1 saturated heterocycles. The standard InChI is InChI=1S/C37H41N3O6/c1-23-28(17-24-8-5-4-6-9-24)36(43)45-35-27-12-13-37(2,3)46-30(27)18-31(34(23)35)44-22-32(41)38-14-15-39-19-25-16-26(21-39)29-10-7-11-33(42)40(29)20-25/h4-11,18,25-26H,12-17,19-22H2,1-3H3,(H,38,41). The minimum Gasteiger partial charge on any atom is -0.487 e. The summed E-state index contributed by atoms with van der Waals surface area (Å²) in [6, 6.07) is 17.2. The van der Waals surface area contributed by atoms with Crippen molar-refractivity contribution in [1.29, 1.82) is 0 Å². The fourth-order valence-electron chi connectivity index (χ4n) is 7.53. The Kier molecular flexibility index (Phi) is 7.97. The summed E-state index contributed by atoms with van der Waals surface area (Å²) < 4.78 is 20.4. The molecule has 5 heterocycles. The van der Waals surface area contributed by atoms with Crippen LogP contribution in [0.1, 0.15) is 60.6 Å². The SMILES string of the molecule is Cc1c(Cc2ccccc2)c(=O)oc2c3c(cc(OCC(=O)NCCN4CC5CC(C4)c4cccc(=O)n4C5)c12)OC(C)(C)CC3. The second-order valence-electron chi connectivity index (χ2n) is 13.7. The Hall–Kier alpha value is -4.37. The van der Waals surface area contributed by atoms with Crippen molar-refractivity contribution in [2.45, 2.75) is 64.5 Å². The van der Waals surface area contributed by atoms with Crippen LogP contribution in [0.15, 0.2) is 68.6 Å². The summed E-state index contributed by atoms with van der Waals surface area (Å²) in [5, 5.41) is 3.73. The third kappa shape index (κ3) is 5.96. The van der Waals surface area contributed by atoms with Crippen molar-refractivity contribution in [2.24, 2.45) is 5.92 Å². The molecule has 2 aromatic heterocycles. The van der Waals surface area contributed by atoms with Gasteiger partial charge in [0, 0.05) is 74.0 Å². The van der Waals surface area contributed by atoms with E-state index in [0.717, 1.165) is 61.4 Å². The van der Waals surface area contributed by atoms with Gasteiger partial charge in [-0.05, 0) is 63.1 Å². The number of aromatic nitrogens is 1. The Morgan fingerprint density at radius 1 is 1.07 bits per heavy atom. The highest BCUT2D eigenvalue weighted by Crippen LogP contribution is 2.43. The molecule has 0 spiro atoms. The molecule has 0 aliphatic carbocycles. The molecule has 2 bridgehead atoms. The van der Waals surface area contributed by atoms with Crippen LogP contribution in [0.5, 0.6) is 11.5 Å². The van der Waals surface area contributed by atoms with E-state index in [2.05, 4.69) is 16.3 Å². The topological polar surface area (TPSA) is 103 Å². The number of carbonyl (C=O) groups is 1. The Balaban J connectivity index is 1.06. The van der Waals surface area contributed by atoms with Crippen LogP contribution < -0.4 is 26.0 Å². The number of nitrogens with zero attached hydrogens (tertiary/aromatic N) is 2. The van der Waals surface area contributed by atoms with Crippen molar-refractivity contribution in [3.8, 4) is 11.5 Å². The molecule has 2 aromatic carbocycles. The van der Waals surface area contributed by atoms with E-state index in [1.807, 2.05) is 67.8 Å².